The number of rotatable bonds is 5. The lowest BCUT2D eigenvalue weighted by atomic mass is 10.3. The first-order chi connectivity index (χ1) is 9.17. The number of imidazole rings is 1. The Bertz CT molecular complexity index is 559. The van der Waals surface area contributed by atoms with Crippen LogP contribution in [0.4, 0.5) is 5.82 Å². The zero-order chi connectivity index (χ0) is 13.8. The molecule has 5 heteroatoms. The molecule has 2 aromatic heterocycles. The maximum absolute atomic E-state index is 4.56. The normalized spacial score (nSPS) is 10.7. The quantitative estimate of drug-likeness (QED) is 0.897. The summed E-state index contributed by atoms with van der Waals surface area (Å²) in [5.41, 5.74) is 1.06. The van der Waals surface area contributed by atoms with Crippen molar-refractivity contribution in [2.24, 2.45) is 0 Å². The fourth-order valence-corrected chi connectivity index (χ4v) is 2.05. The van der Waals surface area contributed by atoms with Crippen LogP contribution in [-0.4, -0.2) is 26.1 Å². The van der Waals surface area contributed by atoms with E-state index >= 15 is 0 Å². The van der Waals surface area contributed by atoms with Crippen LogP contribution in [0.25, 0.3) is 5.82 Å². The van der Waals surface area contributed by atoms with E-state index < -0.39 is 0 Å². The SMILES string of the molecule is CCCNc1nc(C)nc(-n2ccnc2CC)c1C. The van der Waals surface area contributed by atoms with Crippen molar-refractivity contribution in [2.75, 3.05) is 11.9 Å². The molecule has 0 amide bonds. The van der Waals surface area contributed by atoms with Gasteiger partial charge in [-0.3, -0.25) is 4.57 Å². The topological polar surface area (TPSA) is 55.6 Å². The Morgan fingerprint density at radius 2 is 2.00 bits per heavy atom. The van der Waals surface area contributed by atoms with Crippen molar-refractivity contribution in [3.05, 3.63) is 29.6 Å². The number of aromatic nitrogens is 4. The molecule has 102 valence electrons. The van der Waals surface area contributed by atoms with Crippen LogP contribution >= 0.6 is 0 Å². The third-order valence-corrected chi connectivity index (χ3v) is 3.04. The minimum atomic E-state index is 0.773. The molecule has 1 N–H and O–H groups in total. The first kappa shape index (κ1) is 13.5. The first-order valence-corrected chi connectivity index (χ1v) is 6.79. The predicted octanol–water partition coefficient (Wildman–Crippen LogP) is 2.66. The van der Waals surface area contributed by atoms with Crippen LogP contribution in [0.1, 0.15) is 37.5 Å². The molecule has 0 fully saturated rings. The lowest BCUT2D eigenvalue weighted by Crippen LogP contribution is -2.11. The summed E-state index contributed by atoms with van der Waals surface area (Å²) in [7, 11) is 0. The largest absolute Gasteiger partial charge is 0.370 e. The van der Waals surface area contributed by atoms with Crippen molar-refractivity contribution in [3.8, 4) is 5.82 Å². The van der Waals surface area contributed by atoms with Crippen molar-refractivity contribution in [1.82, 2.24) is 19.5 Å². The highest BCUT2D eigenvalue weighted by Crippen LogP contribution is 2.20. The monoisotopic (exact) mass is 259 g/mol. The van der Waals surface area contributed by atoms with E-state index in [0.29, 0.717) is 0 Å². The lowest BCUT2D eigenvalue weighted by molar-refractivity contribution is 0.839. The second-order valence-electron chi connectivity index (χ2n) is 4.56. The first-order valence-electron chi connectivity index (χ1n) is 6.79. The summed E-state index contributed by atoms with van der Waals surface area (Å²) >= 11 is 0. The van der Waals surface area contributed by atoms with E-state index in [1.807, 2.05) is 30.8 Å². The van der Waals surface area contributed by atoms with Gasteiger partial charge in [0.2, 0.25) is 0 Å². The van der Waals surface area contributed by atoms with Gasteiger partial charge in [0, 0.05) is 30.9 Å². The molecule has 0 bridgehead atoms. The van der Waals surface area contributed by atoms with Crippen LogP contribution in [0.2, 0.25) is 0 Å². The van der Waals surface area contributed by atoms with Crippen molar-refractivity contribution in [3.63, 3.8) is 0 Å². The molecule has 0 aliphatic rings. The van der Waals surface area contributed by atoms with Crippen LogP contribution in [0.15, 0.2) is 12.4 Å². The fourth-order valence-electron chi connectivity index (χ4n) is 2.05. The molecule has 0 saturated carbocycles. The third-order valence-electron chi connectivity index (χ3n) is 3.04. The van der Waals surface area contributed by atoms with E-state index in [1.54, 1.807) is 0 Å². The molecule has 0 atom stereocenters. The summed E-state index contributed by atoms with van der Waals surface area (Å²) in [6.45, 7) is 9.12. The molecule has 19 heavy (non-hydrogen) atoms. The summed E-state index contributed by atoms with van der Waals surface area (Å²) in [6, 6.07) is 0. The molecular weight excluding hydrogens is 238 g/mol. The zero-order valence-electron chi connectivity index (χ0n) is 12.1. The molecule has 2 heterocycles. The van der Waals surface area contributed by atoms with Gasteiger partial charge in [0.05, 0.1) is 0 Å². The average molecular weight is 259 g/mol. The second kappa shape index (κ2) is 5.82. The van der Waals surface area contributed by atoms with Gasteiger partial charge in [0.1, 0.15) is 23.3 Å². The van der Waals surface area contributed by atoms with Gasteiger partial charge in [-0.1, -0.05) is 13.8 Å². The van der Waals surface area contributed by atoms with E-state index in [0.717, 1.165) is 48.2 Å². The summed E-state index contributed by atoms with van der Waals surface area (Å²) in [4.78, 5) is 13.4. The molecule has 0 aliphatic heterocycles. The van der Waals surface area contributed by atoms with E-state index in [2.05, 4.69) is 34.1 Å². The summed E-state index contributed by atoms with van der Waals surface area (Å²) in [5.74, 6) is 3.62. The fraction of sp³-hybridized carbons (Fsp3) is 0.500. The maximum Gasteiger partial charge on any atom is 0.146 e. The number of hydrogen-bond donors (Lipinski definition) is 1. The third kappa shape index (κ3) is 2.75. The van der Waals surface area contributed by atoms with Gasteiger partial charge in [0.15, 0.2) is 0 Å². The molecule has 0 radical (unpaired) electrons. The van der Waals surface area contributed by atoms with Gasteiger partial charge < -0.3 is 5.32 Å². The van der Waals surface area contributed by atoms with Crippen molar-refractivity contribution in [1.29, 1.82) is 0 Å². The molecule has 0 unspecified atom stereocenters. The number of aryl methyl sites for hydroxylation is 2. The van der Waals surface area contributed by atoms with E-state index in [9.17, 15) is 0 Å². The molecule has 2 rings (SSSR count). The highest BCUT2D eigenvalue weighted by Gasteiger charge is 2.12. The highest BCUT2D eigenvalue weighted by atomic mass is 15.2. The summed E-state index contributed by atoms with van der Waals surface area (Å²) in [5, 5.41) is 3.36. The molecule has 0 aromatic carbocycles. The van der Waals surface area contributed by atoms with Gasteiger partial charge in [-0.15, -0.1) is 0 Å². The highest BCUT2D eigenvalue weighted by molar-refractivity contribution is 5.52. The van der Waals surface area contributed by atoms with Crippen molar-refractivity contribution >= 4 is 5.82 Å². The second-order valence-corrected chi connectivity index (χ2v) is 4.56. The lowest BCUT2D eigenvalue weighted by Gasteiger charge is -2.14. The Kier molecular flexibility index (Phi) is 4.14. The molecule has 2 aromatic rings. The van der Waals surface area contributed by atoms with Crippen LogP contribution in [0, 0.1) is 13.8 Å². The van der Waals surface area contributed by atoms with E-state index in [-0.39, 0.29) is 0 Å². The van der Waals surface area contributed by atoms with E-state index in [1.165, 1.54) is 0 Å². The standard InChI is InChI=1S/C14H21N5/c1-5-7-16-13-10(3)14(18-11(4)17-13)19-9-8-15-12(19)6-2/h8-9H,5-7H2,1-4H3,(H,16,17,18). The summed E-state index contributed by atoms with van der Waals surface area (Å²) < 4.78 is 2.04. The Morgan fingerprint density at radius 3 is 2.68 bits per heavy atom. The Labute approximate surface area is 114 Å². The van der Waals surface area contributed by atoms with Crippen molar-refractivity contribution in [2.45, 2.75) is 40.5 Å². The number of nitrogens with one attached hydrogen (secondary N) is 1. The smallest absolute Gasteiger partial charge is 0.146 e. The minimum Gasteiger partial charge on any atom is -0.370 e. The maximum atomic E-state index is 4.56. The van der Waals surface area contributed by atoms with Crippen LogP contribution in [-0.2, 0) is 6.42 Å². The van der Waals surface area contributed by atoms with E-state index in [4.69, 9.17) is 0 Å². The predicted molar refractivity (Wildman–Crippen MR) is 76.8 cm³/mol. The molecule has 0 aliphatic carbocycles. The van der Waals surface area contributed by atoms with Gasteiger partial charge in [0.25, 0.3) is 0 Å². The van der Waals surface area contributed by atoms with Gasteiger partial charge in [-0.25, -0.2) is 15.0 Å². The summed E-state index contributed by atoms with van der Waals surface area (Å²) in [6.07, 6.45) is 5.72. The van der Waals surface area contributed by atoms with Crippen LogP contribution in [0.5, 0.6) is 0 Å². The van der Waals surface area contributed by atoms with Crippen LogP contribution < -0.4 is 5.32 Å². The molecular formula is C14H21N5. The molecule has 0 saturated heterocycles. The Morgan fingerprint density at radius 1 is 1.21 bits per heavy atom. The van der Waals surface area contributed by atoms with Gasteiger partial charge >= 0.3 is 0 Å². The number of nitrogens with zero attached hydrogens (tertiary/aromatic N) is 4. The molecule has 0 spiro atoms. The molecule has 5 nitrogen and oxygen atoms in total. The Balaban J connectivity index is 2.48. The zero-order valence-corrected chi connectivity index (χ0v) is 12.1. The number of anilines is 1. The number of hydrogen-bond acceptors (Lipinski definition) is 4. The Hall–Kier alpha value is -1.91. The van der Waals surface area contributed by atoms with Gasteiger partial charge in [-0.2, -0.15) is 0 Å². The average Bonchev–Trinajstić information content (AvgIpc) is 2.87. The minimum absolute atomic E-state index is 0.773. The van der Waals surface area contributed by atoms with Gasteiger partial charge in [-0.05, 0) is 20.3 Å². The van der Waals surface area contributed by atoms with Crippen molar-refractivity contribution < 1.29 is 0 Å². The van der Waals surface area contributed by atoms with Crippen LogP contribution in [0.3, 0.4) is 0 Å².